The topological polar surface area (TPSA) is 97.9 Å². The number of aromatic nitrogens is 7. The van der Waals surface area contributed by atoms with Gasteiger partial charge in [-0.1, -0.05) is 50.3 Å². The predicted octanol–water partition coefficient (Wildman–Crippen LogP) is 2.44. The Hall–Kier alpha value is -3.30. The molecule has 2 amide bonds. The van der Waals surface area contributed by atoms with Crippen LogP contribution in [0.3, 0.4) is 0 Å². The zero-order valence-corrected chi connectivity index (χ0v) is 18.8. The van der Waals surface area contributed by atoms with Gasteiger partial charge in [-0.15, -0.1) is 10.2 Å². The summed E-state index contributed by atoms with van der Waals surface area (Å²) in [4.78, 5) is 16.7. The number of hydrogen-bond acceptors (Lipinski definition) is 6. The molecule has 2 aromatic heterocycles. The van der Waals surface area contributed by atoms with Gasteiger partial charge in [-0.05, 0) is 27.8 Å². The molecule has 1 atom stereocenters. The van der Waals surface area contributed by atoms with Crippen molar-refractivity contribution in [3.05, 3.63) is 42.4 Å². The Balaban J connectivity index is 1.17. The summed E-state index contributed by atoms with van der Waals surface area (Å²) in [6.07, 6.45) is 4.33. The van der Waals surface area contributed by atoms with E-state index in [-0.39, 0.29) is 17.5 Å². The molecule has 2 saturated heterocycles. The van der Waals surface area contributed by atoms with Crippen LogP contribution in [0.1, 0.15) is 44.7 Å². The average molecular weight is 436 g/mol. The Kier molecular flexibility index (Phi) is 5.15. The molecule has 1 aromatic carbocycles. The highest BCUT2D eigenvalue weighted by Crippen LogP contribution is 2.31. The number of hydrogen-bond donors (Lipinski definition) is 0. The number of carbonyl (C=O) groups excluding carboxylic acids is 1. The molecule has 0 radical (unpaired) electrons. The summed E-state index contributed by atoms with van der Waals surface area (Å²) in [5, 5.41) is 19.7. The average Bonchev–Trinajstić information content (AvgIpc) is 3.47. The van der Waals surface area contributed by atoms with Crippen LogP contribution in [0.4, 0.5) is 4.79 Å². The van der Waals surface area contributed by atoms with Crippen molar-refractivity contribution in [1.29, 1.82) is 0 Å². The summed E-state index contributed by atoms with van der Waals surface area (Å²) >= 11 is 0. The van der Waals surface area contributed by atoms with E-state index in [2.05, 4.69) is 70.9 Å². The van der Waals surface area contributed by atoms with Gasteiger partial charge in [0.05, 0.1) is 17.9 Å². The quantitative estimate of drug-likeness (QED) is 0.624. The van der Waals surface area contributed by atoms with Gasteiger partial charge in [0.2, 0.25) is 0 Å². The summed E-state index contributed by atoms with van der Waals surface area (Å²) < 4.78 is 3.72. The number of tetrazole rings is 1. The van der Waals surface area contributed by atoms with Crippen molar-refractivity contribution in [3.63, 3.8) is 0 Å². The standard InChI is InChI=1S/C22H29N9O/c1-22(2,3)14-30-20(10-23-26-30)17-6-4-16(5-7-17)18-11-29(12-18)21(32)28-9-8-19(13-28)31-15-24-25-27-31/h4-7,10,15,18-19H,8-9,11-14H2,1-3H3/t19-/m0/s1. The van der Waals surface area contributed by atoms with Crippen molar-refractivity contribution in [2.45, 2.75) is 45.7 Å². The SMILES string of the molecule is CC(C)(C)Cn1nncc1-c1ccc(C2CN(C(=O)N3CC[C@H](n4cnnn4)C3)C2)cc1. The summed E-state index contributed by atoms with van der Waals surface area (Å²) in [6, 6.07) is 8.88. The number of amides is 2. The second-order valence-corrected chi connectivity index (χ2v) is 10.0. The first-order chi connectivity index (χ1) is 15.4. The van der Waals surface area contributed by atoms with Crippen molar-refractivity contribution in [3.8, 4) is 11.3 Å². The maximum atomic E-state index is 12.9. The van der Waals surface area contributed by atoms with Crippen molar-refractivity contribution >= 4 is 6.03 Å². The monoisotopic (exact) mass is 435 g/mol. The lowest BCUT2D eigenvalue weighted by Crippen LogP contribution is -2.53. The van der Waals surface area contributed by atoms with Gasteiger partial charge < -0.3 is 9.80 Å². The predicted molar refractivity (Wildman–Crippen MR) is 118 cm³/mol. The van der Waals surface area contributed by atoms with Crippen molar-refractivity contribution in [2.24, 2.45) is 5.41 Å². The smallest absolute Gasteiger partial charge is 0.320 e. The Bertz CT molecular complexity index is 1060. The zero-order chi connectivity index (χ0) is 22.3. The molecule has 10 heteroatoms. The molecule has 4 heterocycles. The second-order valence-electron chi connectivity index (χ2n) is 10.0. The first-order valence-electron chi connectivity index (χ1n) is 11.1. The van der Waals surface area contributed by atoms with E-state index in [9.17, 15) is 4.79 Å². The zero-order valence-electron chi connectivity index (χ0n) is 18.8. The van der Waals surface area contributed by atoms with Crippen molar-refractivity contribution in [1.82, 2.24) is 45.0 Å². The molecule has 0 saturated carbocycles. The Morgan fingerprint density at radius 3 is 2.50 bits per heavy atom. The third-order valence-electron chi connectivity index (χ3n) is 6.24. The third kappa shape index (κ3) is 4.09. The van der Waals surface area contributed by atoms with Crippen molar-refractivity contribution in [2.75, 3.05) is 26.2 Å². The molecule has 2 aliphatic rings. The highest BCUT2D eigenvalue weighted by Gasteiger charge is 2.37. The Morgan fingerprint density at radius 1 is 1.03 bits per heavy atom. The lowest BCUT2D eigenvalue weighted by atomic mass is 9.91. The fourth-order valence-corrected chi connectivity index (χ4v) is 4.49. The van der Waals surface area contributed by atoms with Gasteiger partial charge in [0, 0.05) is 44.2 Å². The minimum atomic E-state index is 0.116. The summed E-state index contributed by atoms with van der Waals surface area (Å²) in [7, 11) is 0. The van der Waals surface area contributed by atoms with E-state index in [1.807, 2.05) is 20.7 Å². The van der Waals surface area contributed by atoms with E-state index in [0.29, 0.717) is 12.5 Å². The van der Waals surface area contributed by atoms with Crippen LogP contribution in [-0.4, -0.2) is 77.2 Å². The fourth-order valence-electron chi connectivity index (χ4n) is 4.49. The Morgan fingerprint density at radius 2 is 1.81 bits per heavy atom. The molecule has 0 aliphatic carbocycles. The fraction of sp³-hybridized carbons (Fsp3) is 0.545. The number of benzene rings is 1. The van der Waals surface area contributed by atoms with Crippen LogP contribution >= 0.6 is 0 Å². The van der Waals surface area contributed by atoms with Gasteiger partial charge in [-0.3, -0.25) is 0 Å². The normalized spacial score (nSPS) is 19.4. The molecule has 0 spiro atoms. The molecule has 2 aliphatic heterocycles. The summed E-state index contributed by atoms with van der Waals surface area (Å²) in [6.45, 7) is 10.3. The molecule has 0 unspecified atom stereocenters. The maximum absolute atomic E-state index is 12.9. The second kappa shape index (κ2) is 7.99. The van der Waals surface area contributed by atoms with Crippen LogP contribution in [0.15, 0.2) is 36.8 Å². The van der Waals surface area contributed by atoms with Gasteiger partial charge in [-0.25, -0.2) is 14.2 Å². The molecule has 5 rings (SSSR count). The van der Waals surface area contributed by atoms with E-state index >= 15 is 0 Å². The van der Waals surface area contributed by atoms with Crippen LogP contribution in [-0.2, 0) is 6.54 Å². The first kappa shape index (κ1) is 20.6. The van der Waals surface area contributed by atoms with Gasteiger partial charge in [0.1, 0.15) is 6.33 Å². The highest BCUT2D eigenvalue weighted by atomic mass is 16.2. The lowest BCUT2D eigenvalue weighted by molar-refractivity contribution is 0.120. The van der Waals surface area contributed by atoms with Gasteiger partial charge in [0.25, 0.3) is 0 Å². The summed E-state index contributed by atoms with van der Waals surface area (Å²) in [5.74, 6) is 0.378. The minimum absolute atomic E-state index is 0.116. The molecular weight excluding hydrogens is 406 g/mol. The number of urea groups is 1. The van der Waals surface area contributed by atoms with Gasteiger partial charge in [-0.2, -0.15) is 0 Å². The summed E-state index contributed by atoms with van der Waals surface area (Å²) in [5.41, 5.74) is 3.54. The molecular formula is C22H29N9O. The van der Waals surface area contributed by atoms with Crippen LogP contribution in [0, 0.1) is 5.41 Å². The molecule has 32 heavy (non-hydrogen) atoms. The van der Waals surface area contributed by atoms with E-state index in [0.717, 1.165) is 43.9 Å². The largest absolute Gasteiger partial charge is 0.323 e. The van der Waals surface area contributed by atoms with E-state index in [1.165, 1.54) is 5.56 Å². The number of rotatable bonds is 4. The minimum Gasteiger partial charge on any atom is -0.323 e. The first-order valence-corrected chi connectivity index (χ1v) is 11.1. The van der Waals surface area contributed by atoms with E-state index in [4.69, 9.17) is 0 Å². The van der Waals surface area contributed by atoms with Gasteiger partial charge >= 0.3 is 6.03 Å². The lowest BCUT2D eigenvalue weighted by Gasteiger charge is -2.41. The van der Waals surface area contributed by atoms with E-state index < -0.39 is 0 Å². The van der Waals surface area contributed by atoms with Crippen molar-refractivity contribution < 1.29 is 4.79 Å². The highest BCUT2D eigenvalue weighted by molar-refractivity contribution is 5.76. The number of nitrogens with zero attached hydrogens (tertiary/aromatic N) is 9. The van der Waals surface area contributed by atoms with Crippen LogP contribution < -0.4 is 0 Å². The maximum Gasteiger partial charge on any atom is 0.320 e. The van der Waals surface area contributed by atoms with Gasteiger partial charge in [0.15, 0.2) is 0 Å². The van der Waals surface area contributed by atoms with Crippen LogP contribution in [0.25, 0.3) is 11.3 Å². The molecule has 10 nitrogen and oxygen atoms in total. The molecule has 0 N–H and O–H groups in total. The number of likely N-dealkylation sites (tertiary alicyclic amines) is 2. The van der Waals surface area contributed by atoms with Crippen LogP contribution in [0.2, 0.25) is 0 Å². The Labute approximate surface area is 187 Å². The molecule has 2 fully saturated rings. The van der Waals surface area contributed by atoms with Crippen LogP contribution in [0.5, 0.6) is 0 Å². The molecule has 168 valence electrons. The third-order valence-corrected chi connectivity index (χ3v) is 6.24. The molecule has 3 aromatic rings. The number of carbonyl (C=O) groups is 1. The van der Waals surface area contributed by atoms with E-state index in [1.54, 1.807) is 11.0 Å². The molecule has 0 bridgehead atoms.